The van der Waals surface area contributed by atoms with E-state index in [4.69, 9.17) is 9.47 Å². The van der Waals surface area contributed by atoms with Crippen molar-refractivity contribution in [2.45, 2.75) is 18.9 Å². The summed E-state index contributed by atoms with van der Waals surface area (Å²) >= 11 is 0. The molecular weight excluding hydrogens is 384 g/mol. The molecule has 0 radical (unpaired) electrons. The molecule has 3 nitrogen and oxygen atoms in total. The van der Waals surface area contributed by atoms with E-state index >= 15 is 0 Å². The lowest BCUT2D eigenvalue weighted by Crippen LogP contribution is -2.33. The highest BCUT2D eigenvalue weighted by Crippen LogP contribution is 2.45. The Morgan fingerprint density at radius 3 is 1.81 bits per heavy atom. The molecule has 3 aromatic carbocycles. The summed E-state index contributed by atoms with van der Waals surface area (Å²) < 4.78 is 11.8. The van der Waals surface area contributed by atoms with E-state index in [2.05, 4.69) is 72.8 Å². The van der Waals surface area contributed by atoms with Crippen LogP contribution < -0.4 is 0 Å². The van der Waals surface area contributed by atoms with Crippen LogP contribution in [-0.4, -0.2) is 19.2 Å². The Kier molecular flexibility index (Phi) is 6.63. The summed E-state index contributed by atoms with van der Waals surface area (Å²) in [7, 11) is 0. The number of esters is 1. The van der Waals surface area contributed by atoms with Gasteiger partial charge in [-0.25, -0.2) is 4.79 Å². The average Bonchev–Trinajstić information content (AvgIpc) is 3.59. The Labute approximate surface area is 184 Å². The van der Waals surface area contributed by atoms with Crippen molar-refractivity contribution < 1.29 is 14.3 Å². The highest BCUT2D eigenvalue weighted by molar-refractivity contribution is 5.81. The molecule has 0 unspecified atom stereocenters. The Morgan fingerprint density at radius 2 is 1.35 bits per heavy atom. The standard InChI is InChI=1S/C28H28O3/c1-2-30-27(29)19-18-22-20-23(22)21-31-28(24-12-6-3-7-13-24,25-14-8-4-9-15-25)26-16-10-5-11-17-26/h3-19,22-23H,2,20-21H2,1H3/b19-18+/t22-,23+/m0/s1. The normalized spacial score (nSPS) is 18.1. The topological polar surface area (TPSA) is 35.5 Å². The van der Waals surface area contributed by atoms with Gasteiger partial charge in [-0.1, -0.05) is 97.1 Å². The number of allylic oxidation sites excluding steroid dienone is 1. The van der Waals surface area contributed by atoms with Gasteiger partial charge in [-0.2, -0.15) is 0 Å². The zero-order valence-electron chi connectivity index (χ0n) is 17.8. The van der Waals surface area contributed by atoms with Gasteiger partial charge in [0.15, 0.2) is 0 Å². The van der Waals surface area contributed by atoms with Crippen molar-refractivity contribution in [3.63, 3.8) is 0 Å². The first kappa shape index (κ1) is 21.1. The highest BCUT2D eigenvalue weighted by Gasteiger charge is 2.42. The number of carbonyl (C=O) groups is 1. The molecule has 2 atom stereocenters. The van der Waals surface area contributed by atoms with Gasteiger partial charge in [0.2, 0.25) is 0 Å². The van der Waals surface area contributed by atoms with Crippen LogP contribution in [0, 0.1) is 11.8 Å². The number of benzene rings is 3. The van der Waals surface area contributed by atoms with E-state index in [1.54, 1.807) is 6.08 Å². The largest absolute Gasteiger partial charge is 0.463 e. The monoisotopic (exact) mass is 412 g/mol. The summed E-state index contributed by atoms with van der Waals surface area (Å²) in [5.41, 5.74) is 2.62. The Hall–Kier alpha value is -3.17. The first-order valence-electron chi connectivity index (χ1n) is 10.9. The molecule has 4 rings (SSSR count). The fourth-order valence-electron chi connectivity index (χ4n) is 4.09. The van der Waals surface area contributed by atoms with Gasteiger partial charge in [-0.05, 0) is 41.9 Å². The van der Waals surface area contributed by atoms with Crippen LogP contribution in [0.4, 0.5) is 0 Å². The molecule has 3 heteroatoms. The lowest BCUT2D eigenvalue weighted by molar-refractivity contribution is -0.137. The molecule has 1 aliphatic carbocycles. The predicted molar refractivity (Wildman–Crippen MR) is 123 cm³/mol. The molecule has 31 heavy (non-hydrogen) atoms. The first-order valence-corrected chi connectivity index (χ1v) is 10.9. The quantitative estimate of drug-likeness (QED) is 0.255. The third-order valence-corrected chi connectivity index (χ3v) is 5.80. The predicted octanol–water partition coefficient (Wildman–Crippen LogP) is 5.75. The molecule has 0 amide bonds. The van der Waals surface area contributed by atoms with E-state index in [1.807, 2.05) is 31.2 Å². The van der Waals surface area contributed by atoms with E-state index in [0.29, 0.717) is 25.0 Å². The second kappa shape index (κ2) is 9.76. The summed E-state index contributed by atoms with van der Waals surface area (Å²) in [6.45, 7) is 2.82. The molecule has 0 heterocycles. The minimum atomic E-state index is -0.693. The highest BCUT2D eigenvalue weighted by atomic mass is 16.5. The summed E-state index contributed by atoms with van der Waals surface area (Å²) in [5, 5.41) is 0. The zero-order valence-corrected chi connectivity index (χ0v) is 17.8. The van der Waals surface area contributed by atoms with Gasteiger partial charge < -0.3 is 9.47 Å². The molecule has 0 bridgehead atoms. The van der Waals surface area contributed by atoms with Crippen LogP contribution in [0.15, 0.2) is 103 Å². The minimum Gasteiger partial charge on any atom is -0.463 e. The number of rotatable bonds is 9. The lowest BCUT2D eigenvalue weighted by Gasteiger charge is -2.36. The Bertz CT molecular complexity index is 900. The fourth-order valence-corrected chi connectivity index (χ4v) is 4.09. The summed E-state index contributed by atoms with van der Waals surface area (Å²) in [5.74, 6) is 0.465. The first-order chi connectivity index (χ1) is 15.2. The van der Waals surface area contributed by atoms with E-state index in [0.717, 1.165) is 23.1 Å². The van der Waals surface area contributed by atoms with Crippen molar-refractivity contribution in [2.75, 3.05) is 13.2 Å². The molecule has 0 saturated heterocycles. The molecule has 1 saturated carbocycles. The van der Waals surface area contributed by atoms with E-state index < -0.39 is 5.60 Å². The van der Waals surface area contributed by atoms with Crippen LogP contribution in [-0.2, 0) is 19.9 Å². The molecule has 3 aromatic rings. The maximum atomic E-state index is 11.6. The molecule has 0 aliphatic heterocycles. The fraction of sp³-hybridized carbons (Fsp3) is 0.250. The van der Waals surface area contributed by atoms with Crippen LogP contribution in [0.25, 0.3) is 0 Å². The lowest BCUT2D eigenvalue weighted by atomic mass is 9.80. The van der Waals surface area contributed by atoms with E-state index in [9.17, 15) is 4.79 Å². The third-order valence-electron chi connectivity index (χ3n) is 5.80. The van der Waals surface area contributed by atoms with Crippen LogP contribution in [0.3, 0.4) is 0 Å². The molecule has 0 spiro atoms. The van der Waals surface area contributed by atoms with Crippen molar-refractivity contribution in [1.29, 1.82) is 0 Å². The van der Waals surface area contributed by atoms with Gasteiger partial charge in [0.1, 0.15) is 5.60 Å². The number of hydrogen-bond donors (Lipinski definition) is 0. The Morgan fingerprint density at radius 1 is 0.871 bits per heavy atom. The molecule has 158 valence electrons. The van der Waals surface area contributed by atoms with Crippen LogP contribution in [0.5, 0.6) is 0 Å². The Balaban J connectivity index is 1.63. The smallest absolute Gasteiger partial charge is 0.330 e. The molecule has 0 N–H and O–H groups in total. The second-order valence-corrected chi connectivity index (χ2v) is 7.86. The van der Waals surface area contributed by atoms with Gasteiger partial charge in [-0.3, -0.25) is 0 Å². The van der Waals surface area contributed by atoms with Gasteiger partial charge in [0.05, 0.1) is 13.2 Å². The average molecular weight is 413 g/mol. The third kappa shape index (κ3) is 4.78. The van der Waals surface area contributed by atoms with E-state index in [-0.39, 0.29) is 5.97 Å². The van der Waals surface area contributed by atoms with Crippen molar-refractivity contribution >= 4 is 5.97 Å². The summed E-state index contributed by atoms with van der Waals surface area (Å²) in [4.78, 5) is 11.6. The van der Waals surface area contributed by atoms with Gasteiger partial charge in [0, 0.05) is 6.08 Å². The maximum Gasteiger partial charge on any atom is 0.330 e. The maximum absolute atomic E-state index is 11.6. The summed E-state index contributed by atoms with van der Waals surface area (Å²) in [6.07, 6.45) is 4.53. The van der Waals surface area contributed by atoms with E-state index in [1.165, 1.54) is 0 Å². The number of ether oxygens (including phenoxy) is 2. The molecular formula is C28H28O3. The zero-order chi connectivity index (χ0) is 21.5. The van der Waals surface area contributed by atoms with Gasteiger partial charge in [0.25, 0.3) is 0 Å². The van der Waals surface area contributed by atoms with Crippen LogP contribution in [0.1, 0.15) is 30.0 Å². The van der Waals surface area contributed by atoms with Crippen molar-refractivity contribution in [3.05, 3.63) is 120 Å². The van der Waals surface area contributed by atoms with Gasteiger partial charge in [-0.15, -0.1) is 0 Å². The van der Waals surface area contributed by atoms with Gasteiger partial charge >= 0.3 is 5.97 Å². The summed E-state index contributed by atoms with van der Waals surface area (Å²) in [6, 6.07) is 31.2. The van der Waals surface area contributed by atoms with Crippen molar-refractivity contribution in [3.8, 4) is 0 Å². The molecule has 0 aromatic heterocycles. The number of carbonyl (C=O) groups excluding carboxylic acids is 1. The molecule has 1 aliphatic rings. The van der Waals surface area contributed by atoms with Crippen LogP contribution >= 0.6 is 0 Å². The second-order valence-electron chi connectivity index (χ2n) is 7.86. The van der Waals surface area contributed by atoms with Crippen molar-refractivity contribution in [2.24, 2.45) is 11.8 Å². The van der Waals surface area contributed by atoms with Crippen molar-refractivity contribution in [1.82, 2.24) is 0 Å². The number of hydrogen-bond acceptors (Lipinski definition) is 3. The van der Waals surface area contributed by atoms with Crippen LogP contribution in [0.2, 0.25) is 0 Å². The minimum absolute atomic E-state index is 0.277. The molecule has 1 fully saturated rings. The SMILES string of the molecule is CCOC(=O)/C=C/[C@H]1C[C@@H]1COC(c1ccccc1)(c1ccccc1)c1ccccc1.